The molecule has 3 fully saturated rings. The van der Waals surface area contributed by atoms with Crippen LogP contribution in [-0.4, -0.2) is 121 Å². The van der Waals surface area contributed by atoms with Gasteiger partial charge in [0.15, 0.2) is 0 Å². The van der Waals surface area contributed by atoms with Crippen LogP contribution in [0.25, 0.3) is 11.1 Å². The zero-order valence-electron chi connectivity index (χ0n) is 34.8. The van der Waals surface area contributed by atoms with Crippen molar-refractivity contribution in [2.75, 3.05) is 63.9 Å². The fraction of sp³-hybridized carbons (Fsp3) is 0.375. The van der Waals surface area contributed by atoms with E-state index in [1.54, 1.807) is 24.3 Å². The molecule has 1 unspecified atom stereocenters. The number of hydrogen-bond donors (Lipinski definition) is 3. The summed E-state index contributed by atoms with van der Waals surface area (Å²) >= 11 is 0. The monoisotopic (exact) mass is 823 g/mol. The molecule has 0 aliphatic carbocycles. The first-order valence-corrected chi connectivity index (χ1v) is 21.7. The molecular weight excluding hydrogens is 769 g/mol. The second kappa shape index (κ2) is 19.0. The Labute approximate surface area is 357 Å². The largest absolute Gasteiger partial charge is 0.492 e. The van der Waals surface area contributed by atoms with Crippen LogP contribution < -0.4 is 20.4 Å². The number of carbonyl (C=O) groups is 4. The number of piperazine rings is 1. The Morgan fingerprint density at radius 1 is 0.721 bits per heavy atom. The number of rotatable bonds is 14. The van der Waals surface area contributed by atoms with E-state index >= 15 is 0 Å². The number of anilines is 1. The summed E-state index contributed by atoms with van der Waals surface area (Å²) < 4.78 is 6.24. The smallest absolute Gasteiger partial charge is 0.488 e. The highest BCUT2D eigenvalue weighted by atomic mass is 16.5. The summed E-state index contributed by atoms with van der Waals surface area (Å²) in [7, 11) is -1.51. The minimum absolute atomic E-state index is 0.101. The van der Waals surface area contributed by atoms with E-state index in [-0.39, 0.29) is 18.7 Å². The summed E-state index contributed by atoms with van der Waals surface area (Å²) in [6.07, 6.45) is 4.37. The van der Waals surface area contributed by atoms with Crippen LogP contribution in [0, 0.1) is 5.92 Å². The van der Waals surface area contributed by atoms with Gasteiger partial charge in [-0.2, -0.15) is 0 Å². The van der Waals surface area contributed by atoms with E-state index in [2.05, 4.69) is 63.3 Å². The van der Waals surface area contributed by atoms with Gasteiger partial charge in [0.1, 0.15) is 18.4 Å². The average molecular weight is 824 g/mol. The van der Waals surface area contributed by atoms with E-state index in [4.69, 9.17) is 4.74 Å². The van der Waals surface area contributed by atoms with Crippen molar-refractivity contribution in [3.8, 4) is 5.75 Å². The molecule has 13 heteroatoms. The van der Waals surface area contributed by atoms with Crippen LogP contribution in [0.2, 0.25) is 0 Å². The van der Waals surface area contributed by atoms with Gasteiger partial charge in [0, 0.05) is 57.9 Å². The molecule has 0 radical (unpaired) electrons. The maximum Gasteiger partial charge on any atom is 0.488 e. The van der Waals surface area contributed by atoms with Crippen molar-refractivity contribution >= 4 is 53.0 Å². The number of hydrogen-bond acceptors (Lipinski definition) is 10. The van der Waals surface area contributed by atoms with Crippen molar-refractivity contribution in [1.29, 1.82) is 0 Å². The molecular formula is C48H54BN5O7. The van der Waals surface area contributed by atoms with Crippen molar-refractivity contribution < 1.29 is 34.0 Å². The number of piperidine rings is 2. The number of imide groups is 2. The maximum absolute atomic E-state index is 13.3. The van der Waals surface area contributed by atoms with Gasteiger partial charge in [0.25, 0.3) is 11.8 Å². The molecule has 4 aromatic rings. The average Bonchev–Trinajstić information content (AvgIpc) is 3.53. The highest BCUT2D eigenvalue weighted by molar-refractivity contribution is 6.58. The predicted octanol–water partition coefficient (Wildman–Crippen LogP) is 4.44. The number of allylic oxidation sites excluding steroid dienone is 1. The molecule has 4 aliphatic heterocycles. The molecule has 4 aliphatic rings. The highest BCUT2D eigenvalue weighted by Crippen LogP contribution is 2.36. The molecule has 3 N–H and O–H groups in total. The minimum Gasteiger partial charge on any atom is -0.492 e. The lowest BCUT2D eigenvalue weighted by Gasteiger charge is -2.37. The van der Waals surface area contributed by atoms with Crippen molar-refractivity contribution in [3.63, 3.8) is 0 Å². The topological polar surface area (TPSA) is 143 Å². The van der Waals surface area contributed by atoms with Crippen LogP contribution in [0.5, 0.6) is 5.75 Å². The summed E-state index contributed by atoms with van der Waals surface area (Å²) in [6.45, 7) is 10.6. The number of fused-ring (bicyclic) bond motifs is 1. The lowest BCUT2D eigenvalue weighted by Crippen LogP contribution is -2.54. The summed E-state index contributed by atoms with van der Waals surface area (Å²) in [6, 6.07) is 30.5. The Balaban J connectivity index is 0.773. The summed E-state index contributed by atoms with van der Waals surface area (Å²) in [5.41, 5.74) is 7.58. The molecule has 4 heterocycles. The number of nitrogens with zero attached hydrogens (tertiary/aromatic N) is 4. The van der Waals surface area contributed by atoms with E-state index in [1.165, 1.54) is 5.57 Å². The summed E-state index contributed by atoms with van der Waals surface area (Å²) in [5.74, 6) is -0.458. The van der Waals surface area contributed by atoms with E-state index in [0.29, 0.717) is 29.1 Å². The summed E-state index contributed by atoms with van der Waals surface area (Å²) in [4.78, 5) is 58.9. The molecule has 1 atom stereocenters. The Morgan fingerprint density at radius 2 is 1.36 bits per heavy atom. The lowest BCUT2D eigenvalue weighted by molar-refractivity contribution is -0.136. The first kappa shape index (κ1) is 42.1. The number of amides is 4. The number of nitrogens with one attached hydrogen (secondary N) is 1. The lowest BCUT2D eigenvalue weighted by atomic mass is 9.79. The molecule has 0 spiro atoms. The van der Waals surface area contributed by atoms with Gasteiger partial charge in [-0.25, -0.2) is 0 Å². The van der Waals surface area contributed by atoms with Crippen molar-refractivity contribution in [2.45, 2.75) is 51.5 Å². The third-order valence-electron chi connectivity index (χ3n) is 12.8. The quantitative estimate of drug-likeness (QED) is 0.0950. The molecule has 12 nitrogen and oxygen atoms in total. The highest BCUT2D eigenvalue weighted by Gasteiger charge is 2.45. The van der Waals surface area contributed by atoms with Crippen molar-refractivity contribution in [2.24, 2.45) is 5.92 Å². The van der Waals surface area contributed by atoms with Crippen LogP contribution in [0.3, 0.4) is 0 Å². The van der Waals surface area contributed by atoms with Crippen molar-refractivity contribution in [1.82, 2.24) is 20.0 Å². The molecule has 8 rings (SSSR count). The first-order valence-electron chi connectivity index (χ1n) is 21.7. The van der Waals surface area contributed by atoms with E-state index in [1.807, 2.05) is 36.4 Å². The third-order valence-corrected chi connectivity index (χ3v) is 12.8. The predicted molar refractivity (Wildman–Crippen MR) is 236 cm³/mol. The van der Waals surface area contributed by atoms with Gasteiger partial charge in [0.2, 0.25) is 11.8 Å². The molecule has 3 saturated heterocycles. The first-order chi connectivity index (χ1) is 29.7. The fourth-order valence-corrected chi connectivity index (χ4v) is 9.25. The molecule has 0 bridgehead atoms. The van der Waals surface area contributed by atoms with Gasteiger partial charge in [0.05, 0.1) is 11.1 Å². The number of carbonyl (C=O) groups excluding carboxylic acids is 4. The molecule has 4 aromatic carbocycles. The normalized spacial score (nSPS) is 19.5. The molecule has 0 aromatic heterocycles. The van der Waals surface area contributed by atoms with Crippen LogP contribution in [0.15, 0.2) is 97.1 Å². The van der Waals surface area contributed by atoms with Gasteiger partial charge < -0.3 is 24.6 Å². The Morgan fingerprint density at radius 3 is 2.00 bits per heavy atom. The van der Waals surface area contributed by atoms with Crippen LogP contribution in [-0.2, 0) is 9.59 Å². The van der Waals surface area contributed by atoms with Crippen LogP contribution in [0.1, 0.15) is 82.9 Å². The molecule has 316 valence electrons. The number of ether oxygens (including phenoxy) is 1. The molecule has 61 heavy (non-hydrogen) atoms. The third kappa shape index (κ3) is 9.50. The van der Waals surface area contributed by atoms with Gasteiger partial charge in [-0.3, -0.25) is 34.3 Å². The maximum atomic E-state index is 13.3. The Bertz CT molecular complexity index is 2250. The van der Waals surface area contributed by atoms with Gasteiger partial charge in [-0.05, 0) is 108 Å². The second-order valence-electron chi connectivity index (χ2n) is 16.5. The second-order valence-corrected chi connectivity index (χ2v) is 16.5. The standard InChI is InChI=1S/C48H54BN5O7/c1-2-40(34-6-4-3-5-7-34)45(35-8-12-37(13-9-35)49(59)60)36-10-15-39(16-11-36)61-31-30-52-28-26-51(27-29-52)23-20-33-21-24-53(25-22-33)38-14-17-41-42(32-38)48(58)54(47(41)57)43-18-19-44(55)50-46(43)56/h3-17,32-33,43,59-60H,2,18-31H2,1H3,(H,50,55,56)/b45-40+. The molecule has 0 saturated carbocycles. The van der Waals surface area contributed by atoms with Gasteiger partial charge >= 0.3 is 7.12 Å². The van der Waals surface area contributed by atoms with E-state index in [9.17, 15) is 29.2 Å². The fourth-order valence-electron chi connectivity index (χ4n) is 9.25. The zero-order valence-corrected chi connectivity index (χ0v) is 34.8. The number of benzene rings is 4. The van der Waals surface area contributed by atoms with E-state index in [0.717, 1.165) is 117 Å². The van der Waals surface area contributed by atoms with Crippen LogP contribution in [0.4, 0.5) is 5.69 Å². The Kier molecular flexibility index (Phi) is 13.1. The Hall–Kier alpha value is -5.60. The molecule has 4 amide bonds. The SMILES string of the molecule is CC/C(=C(\c1ccc(OCCN2CCN(CCC3CCN(c4ccc5c(c4)C(=O)N(C4CCC(=O)NC4=O)C5=O)CC3)CC2)cc1)c1ccc(B(O)O)cc1)c1ccccc1. The van der Waals surface area contributed by atoms with Gasteiger partial charge in [-0.1, -0.05) is 73.7 Å². The minimum atomic E-state index is -1.51. The summed E-state index contributed by atoms with van der Waals surface area (Å²) in [5, 5.41) is 21.6. The van der Waals surface area contributed by atoms with Crippen molar-refractivity contribution in [3.05, 3.63) is 125 Å². The van der Waals surface area contributed by atoms with Gasteiger partial charge in [-0.15, -0.1) is 0 Å². The van der Waals surface area contributed by atoms with Crippen LogP contribution >= 0.6 is 0 Å². The zero-order chi connectivity index (χ0) is 42.5. The van der Waals surface area contributed by atoms with E-state index < -0.39 is 30.9 Å².